The lowest BCUT2D eigenvalue weighted by Crippen LogP contribution is -2.38. The normalized spacial score (nSPS) is 25.2. The monoisotopic (exact) mass is 258 g/mol. The van der Waals surface area contributed by atoms with Crippen molar-refractivity contribution in [1.29, 1.82) is 0 Å². The molecule has 3 heteroatoms. The van der Waals surface area contributed by atoms with Gasteiger partial charge in [0, 0.05) is 31.1 Å². The van der Waals surface area contributed by atoms with Crippen LogP contribution in [0.5, 0.6) is 0 Å². The largest absolute Gasteiger partial charge is 0.352 e. The highest BCUT2D eigenvalue weighted by atomic mass is 16.2. The summed E-state index contributed by atoms with van der Waals surface area (Å²) >= 11 is 0. The fourth-order valence-electron chi connectivity index (χ4n) is 2.86. The van der Waals surface area contributed by atoms with Crippen LogP contribution in [0.25, 0.3) is 0 Å². The van der Waals surface area contributed by atoms with Crippen LogP contribution in [0.15, 0.2) is 30.3 Å². The van der Waals surface area contributed by atoms with Crippen LogP contribution in [0.3, 0.4) is 0 Å². The number of carbonyl (C=O) groups is 1. The third kappa shape index (κ3) is 2.98. The third-order valence-electron chi connectivity index (χ3n) is 4.34. The van der Waals surface area contributed by atoms with Gasteiger partial charge in [-0.3, -0.25) is 9.69 Å². The van der Waals surface area contributed by atoms with E-state index in [2.05, 4.69) is 47.5 Å². The van der Waals surface area contributed by atoms with Crippen molar-refractivity contribution in [3.63, 3.8) is 0 Å². The van der Waals surface area contributed by atoms with E-state index in [0.717, 1.165) is 32.4 Å². The number of hydrogen-bond acceptors (Lipinski definition) is 2. The van der Waals surface area contributed by atoms with Crippen LogP contribution in [0.4, 0.5) is 0 Å². The molecule has 1 aromatic rings. The summed E-state index contributed by atoms with van der Waals surface area (Å²) in [6.45, 7) is 4.31. The summed E-state index contributed by atoms with van der Waals surface area (Å²) in [6.07, 6.45) is 3.25. The summed E-state index contributed by atoms with van der Waals surface area (Å²) in [5, 5.41) is 3.20. The molecule has 1 N–H and O–H groups in total. The van der Waals surface area contributed by atoms with Gasteiger partial charge in [0.05, 0.1) is 0 Å². The third-order valence-corrected chi connectivity index (χ3v) is 4.34. The lowest BCUT2D eigenvalue weighted by Gasteiger charge is -2.24. The Labute approximate surface area is 115 Å². The quantitative estimate of drug-likeness (QED) is 0.899. The van der Waals surface area contributed by atoms with Gasteiger partial charge in [-0.2, -0.15) is 0 Å². The number of benzene rings is 1. The highest BCUT2D eigenvalue weighted by Gasteiger charge is 2.33. The van der Waals surface area contributed by atoms with Gasteiger partial charge in [0.2, 0.25) is 5.91 Å². The average Bonchev–Trinajstić information content (AvgIpc) is 3.20. The summed E-state index contributed by atoms with van der Waals surface area (Å²) in [6, 6.07) is 11.4. The molecule has 2 aliphatic rings. The first-order valence-corrected chi connectivity index (χ1v) is 7.33. The van der Waals surface area contributed by atoms with Crippen molar-refractivity contribution >= 4 is 5.91 Å². The molecule has 1 saturated carbocycles. The van der Waals surface area contributed by atoms with Gasteiger partial charge in [0.15, 0.2) is 0 Å². The predicted molar refractivity (Wildman–Crippen MR) is 75.7 cm³/mol. The zero-order valence-corrected chi connectivity index (χ0v) is 11.5. The van der Waals surface area contributed by atoms with Gasteiger partial charge in [0.25, 0.3) is 0 Å². The van der Waals surface area contributed by atoms with Gasteiger partial charge < -0.3 is 5.32 Å². The van der Waals surface area contributed by atoms with Crippen molar-refractivity contribution in [2.45, 2.75) is 38.3 Å². The molecule has 1 aliphatic heterocycles. The molecule has 0 aromatic heterocycles. The number of nitrogens with zero attached hydrogens (tertiary/aromatic N) is 1. The van der Waals surface area contributed by atoms with Crippen LogP contribution in [0.1, 0.15) is 37.8 Å². The van der Waals surface area contributed by atoms with Gasteiger partial charge in [-0.15, -0.1) is 0 Å². The maximum atomic E-state index is 11.8. The van der Waals surface area contributed by atoms with Crippen LogP contribution in [-0.4, -0.2) is 29.9 Å². The SMILES string of the molecule is C[C@H](c1ccccc1)N1CC[C@@H](NC(=O)C2CC2)C1. The second kappa shape index (κ2) is 5.33. The molecule has 2 atom stereocenters. The Bertz CT molecular complexity index is 441. The number of nitrogens with one attached hydrogen (secondary N) is 1. The van der Waals surface area contributed by atoms with Crippen molar-refractivity contribution in [2.75, 3.05) is 13.1 Å². The zero-order chi connectivity index (χ0) is 13.2. The minimum atomic E-state index is 0.277. The molecular weight excluding hydrogens is 236 g/mol. The lowest BCUT2D eigenvalue weighted by atomic mass is 10.1. The standard InChI is InChI=1S/C16H22N2O/c1-12(13-5-3-2-4-6-13)18-10-9-15(11-18)17-16(19)14-7-8-14/h2-6,12,14-15H,7-11H2,1H3,(H,17,19)/t12-,15-/m1/s1. The van der Waals surface area contributed by atoms with Crippen LogP contribution >= 0.6 is 0 Å². The number of likely N-dealkylation sites (tertiary alicyclic amines) is 1. The lowest BCUT2D eigenvalue weighted by molar-refractivity contribution is -0.122. The van der Waals surface area contributed by atoms with Crippen molar-refractivity contribution in [3.8, 4) is 0 Å². The van der Waals surface area contributed by atoms with Crippen molar-refractivity contribution in [3.05, 3.63) is 35.9 Å². The molecule has 2 fully saturated rings. The van der Waals surface area contributed by atoms with Gasteiger partial charge in [-0.1, -0.05) is 30.3 Å². The van der Waals surface area contributed by atoms with E-state index in [-0.39, 0.29) is 5.91 Å². The highest BCUT2D eigenvalue weighted by Crippen LogP contribution is 2.30. The summed E-state index contributed by atoms with van der Waals surface area (Å²) in [5.41, 5.74) is 1.36. The topological polar surface area (TPSA) is 32.3 Å². The van der Waals surface area contributed by atoms with Crippen LogP contribution < -0.4 is 5.32 Å². The first kappa shape index (κ1) is 12.7. The van der Waals surface area contributed by atoms with Crippen LogP contribution in [0, 0.1) is 5.92 Å². The van der Waals surface area contributed by atoms with Gasteiger partial charge in [0.1, 0.15) is 0 Å². The van der Waals surface area contributed by atoms with E-state index in [4.69, 9.17) is 0 Å². The van der Waals surface area contributed by atoms with Crippen molar-refractivity contribution in [1.82, 2.24) is 10.2 Å². The summed E-state index contributed by atoms with van der Waals surface area (Å²) < 4.78 is 0. The Morgan fingerprint density at radius 3 is 2.68 bits per heavy atom. The van der Waals surface area contributed by atoms with E-state index < -0.39 is 0 Å². The summed E-state index contributed by atoms with van der Waals surface area (Å²) in [5.74, 6) is 0.597. The molecule has 1 amide bonds. The van der Waals surface area contributed by atoms with E-state index in [1.165, 1.54) is 5.56 Å². The average molecular weight is 258 g/mol. The smallest absolute Gasteiger partial charge is 0.223 e. The van der Waals surface area contributed by atoms with Crippen LogP contribution in [0.2, 0.25) is 0 Å². The number of hydrogen-bond donors (Lipinski definition) is 1. The van der Waals surface area contributed by atoms with E-state index in [1.54, 1.807) is 0 Å². The molecule has 0 radical (unpaired) electrons. The van der Waals surface area contributed by atoms with E-state index in [0.29, 0.717) is 18.0 Å². The molecular formula is C16H22N2O. The molecule has 1 heterocycles. The second-order valence-electron chi connectivity index (χ2n) is 5.85. The number of amides is 1. The molecule has 0 spiro atoms. The Morgan fingerprint density at radius 2 is 2.00 bits per heavy atom. The Hall–Kier alpha value is -1.35. The van der Waals surface area contributed by atoms with Gasteiger partial charge in [-0.05, 0) is 31.7 Å². The Kier molecular flexibility index (Phi) is 3.56. The predicted octanol–water partition coefficient (Wildman–Crippen LogP) is 2.35. The fraction of sp³-hybridized carbons (Fsp3) is 0.562. The van der Waals surface area contributed by atoms with Crippen LogP contribution in [-0.2, 0) is 4.79 Å². The molecule has 102 valence electrons. The summed E-state index contributed by atoms with van der Waals surface area (Å²) in [4.78, 5) is 14.2. The minimum Gasteiger partial charge on any atom is -0.352 e. The molecule has 3 rings (SSSR count). The maximum Gasteiger partial charge on any atom is 0.223 e. The molecule has 1 saturated heterocycles. The van der Waals surface area contributed by atoms with Gasteiger partial charge >= 0.3 is 0 Å². The van der Waals surface area contributed by atoms with E-state index >= 15 is 0 Å². The Morgan fingerprint density at radius 1 is 1.26 bits per heavy atom. The fourth-order valence-corrected chi connectivity index (χ4v) is 2.86. The zero-order valence-electron chi connectivity index (χ0n) is 11.5. The second-order valence-corrected chi connectivity index (χ2v) is 5.85. The van der Waals surface area contributed by atoms with E-state index in [1.807, 2.05) is 0 Å². The van der Waals surface area contributed by atoms with Crippen molar-refractivity contribution < 1.29 is 4.79 Å². The van der Waals surface area contributed by atoms with Crippen molar-refractivity contribution in [2.24, 2.45) is 5.92 Å². The molecule has 0 bridgehead atoms. The highest BCUT2D eigenvalue weighted by molar-refractivity contribution is 5.81. The summed E-state index contributed by atoms with van der Waals surface area (Å²) in [7, 11) is 0. The molecule has 1 aromatic carbocycles. The molecule has 3 nitrogen and oxygen atoms in total. The Balaban J connectivity index is 1.54. The first-order chi connectivity index (χ1) is 9.24. The van der Waals surface area contributed by atoms with Gasteiger partial charge in [-0.25, -0.2) is 0 Å². The molecule has 0 unspecified atom stereocenters. The maximum absolute atomic E-state index is 11.8. The van der Waals surface area contributed by atoms with E-state index in [9.17, 15) is 4.79 Å². The molecule has 1 aliphatic carbocycles. The number of carbonyl (C=O) groups excluding carboxylic acids is 1. The molecule has 19 heavy (non-hydrogen) atoms. The minimum absolute atomic E-state index is 0.277. The first-order valence-electron chi connectivity index (χ1n) is 7.33. The number of rotatable bonds is 4.